The molecule has 0 unspecified atom stereocenters. The van der Waals surface area contributed by atoms with E-state index in [4.69, 9.17) is 0 Å². The summed E-state index contributed by atoms with van der Waals surface area (Å²) in [5.74, 6) is 0. The summed E-state index contributed by atoms with van der Waals surface area (Å²) in [6.45, 7) is 0. The highest BCUT2D eigenvalue weighted by Gasteiger charge is 2.53. The van der Waals surface area contributed by atoms with Gasteiger partial charge >= 0.3 is 0 Å². The highest BCUT2D eigenvalue weighted by atomic mass is 15.1. The summed E-state index contributed by atoms with van der Waals surface area (Å²) in [6.07, 6.45) is 0. The molecular formula is C62H41N. The first-order valence-corrected chi connectivity index (χ1v) is 22.0. The van der Waals surface area contributed by atoms with E-state index in [0.29, 0.717) is 0 Å². The molecule has 0 amide bonds. The normalized spacial score (nSPS) is 14.0. The van der Waals surface area contributed by atoms with Gasteiger partial charge in [-0.1, -0.05) is 218 Å². The predicted molar refractivity (Wildman–Crippen MR) is 260 cm³/mol. The van der Waals surface area contributed by atoms with Gasteiger partial charge in [-0.3, -0.25) is 0 Å². The standard InChI is InChI=1S/C62H41N/c1-4-20-42(21-5-1)43-22-18-27-46(40-43)63(47-38-39-52-50-30-10-14-33-54(50)61(58(52)41-47,44-23-6-2-7-24-44)45-25-8-3-9-26-45)59-37-19-32-53-51-31-13-17-36-57(51)62(60(53)59)55-34-15-11-28-48(55)49-29-12-16-35-56(49)62/h1-41H. The summed E-state index contributed by atoms with van der Waals surface area (Å²) in [6, 6.07) is 92.8. The molecule has 0 atom stereocenters. The molecule has 1 heteroatoms. The van der Waals surface area contributed by atoms with Crippen molar-refractivity contribution >= 4 is 17.1 Å². The van der Waals surface area contributed by atoms with Crippen LogP contribution in [0.1, 0.15) is 44.5 Å². The first kappa shape index (κ1) is 35.7. The maximum absolute atomic E-state index is 2.56. The number of fused-ring (bicyclic) bond motifs is 13. The number of anilines is 3. The Morgan fingerprint density at radius 3 is 1.24 bits per heavy atom. The van der Waals surface area contributed by atoms with Crippen LogP contribution in [-0.2, 0) is 10.8 Å². The molecule has 0 saturated carbocycles. The number of benzene rings is 10. The van der Waals surface area contributed by atoms with Crippen molar-refractivity contribution in [1.29, 1.82) is 0 Å². The molecule has 0 N–H and O–H groups in total. The van der Waals surface area contributed by atoms with Crippen LogP contribution in [0.4, 0.5) is 17.1 Å². The molecule has 0 bridgehead atoms. The lowest BCUT2D eigenvalue weighted by molar-refractivity contribution is 0.768. The van der Waals surface area contributed by atoms with Crippen molar-refractivity contribution in [3.63, 3.8) is 0 Å². The topological polar surface area (TPSA) is 3.24 Å². The molecule has 1 spiro atoms. The van der Waals surface area contributed by atoms with Crippen molar-refractivity contribution in [2.24, 2.45) is 0 Å². The average molecular weight is 800 g/mol. The minimum absolute atomic E-state index is 0.532. The van der Waals surface area contributed by atoms with E-state index in [1.807, 2.05) is 0 Å². The lowest BCUT2D eigenvalue weighted by Gasteiger charge is -2.37. The van der Waals surface area contributed by atoms with Gasteiger partial charge in [0.25, 0.3) is 0 Å². The van der Waals surface area contributed by atoms with Gasteiger partial charge in [-0.25, -0.2) is 0 Å². The van der Waals surface area contributed by atoms with E-state index in [-0.39, 0.29) is 0 Å². The number of hydrogen-bond donors (Lipinski definition) is 0. The number of hydrogen-bond acceptors (Lipinski definition) is 1. The zero-order chi connectivity index (χ0) is 41.5. The molecule has 294 valence electrons. The molecule has 0 saturated heterocycles. The van der Waals surface area contributed by atoms with Crippen LogP contribution in [-0.4, -0.2) is 0 Å². The van der Waals surface area contributed by atoms with E-state index in [0.717, 1.165) is 11.4 Å². The predicted octanol–water partition coefficient (Wildman–Crippen LogP) is 15.5. The largest absolute Gasteiger partial charge is 0.310 e. The molecular weight excluding hydrogens is 759 g/mol. The zero-order valence-electron chi connectivity index (χ0n) is 34.6. The van der Waals surface area contributed by atoms with Gasteiger partial charge < -0.3 is 4.90 Å². The molecule has 63 heavy (non-hydrogen) atoms. The Hall–Kier alpha value is -8.00. The molecule has 1 nitrogen and oxygen atoms in total. The monoisotopic (exact) mass is 799 g/mol. The molecule has 10 aromatic rings. The van der Waals surface area contributed by atoms with Crippen molar-refractivity contribution in [2.75, 3.05) is 4.90 Å². The van der Waals surface area contributed by atoms with Gasteiger partial charge in [0.15, 0.2) is 0 Å². The highest BCUT2D eigenvalue weighted by molar-refractivity contribution is 6.00. The summed E-state index contributed by atoms with van der Waals surface area (Å²) in [5.41, 5.74) is 22.8. The first-order chi connectivity index (χ1) is 31.3. The average Bonchev–Trinajstić information content (AvgIpc) is 3.95. The van der Waals surface area contributed by atoms with Crippen LogP contribution in [0.25, 0.3) is 44.5 Å². The van der Waals surface area contributed by atoms with E-state index in [9.17, 15) is 0 Å². The van der Waals surface area contributed by atoms with Gasteiger partial charge in [0, 0.05) is 16.9 Å². The van der Waals surface area contributed by atoms with Gasteiger partial charge in [-0.15, -0.1) is 0 Å². The van der Waals surface area contributed by atoms with Crippen LogP contribution in [0, 0.1) is 0 Å². The van der Waals surface area contributed by atoms with E-state index in [1.54, 1.807) is 0 Å². The van der Waals surface area contributed by atoms with Gasteiger partial charge in [0.1, 0.15) is 0 Å². The van der Waals surface area contributed by atoms with Gasteiger partial charge in [0.2, 0.25) is 0 Å². The van der Waals surface area contributed by atoms with E-state index < -0.39 is 10.8 Å². The number of nitrogens with zero attached hydrogens (tertiary/aromatic N) is 1. The Balaban J connectivity index is 1.14. The van der Waals surface area contributed by atoms with Crippen LogP contribution in [0.15, 0.2) is 249 Å². The van der Waals surface area contributed by atoms with Crippen molar-refractivity contribution in [3.8, 4) is 44.5 Å². The lowest BCUT2D eigenvalue weighted by atomic mass is 9.67. The highest BCUT2D eigenvalue weighted by Crippen LogP contribution is 2.66. The summed E-state index contributed by atoms with van der Waals surface area (Å²) in [4.78, 5) is 2.56. The maximum atomic E-state index is 2.56. The molecule has 13 rings (SSSR count). The van der Waals surface area contributed by atoms with E-state index >= 15 is 0 Å². The maximum Gasteiger partial charge on any atom is 0.0746 e. The summed E-state index contributed by atoms with van der Waals surface area (Å²) in [7, 11) is 0. The molecule has 0 aliphatic heterocycles. The third-order valence-electron chi connectivity index (χ3n) is 14.1. The van der Waals surface area contributed by atoms with Crippen molar-refractivity contribution in [1.82, 2.24) is 0 Å². The Bertz CT molecular complexity index is 3300. The summed E-state index contributed by atoms with van der Waals surface area (Å²) in [5, 5.41) is 0. The second kappa shape index (κ2) is 13.8. The first-order valence-electron chi connectivity index (χ1n) is 22.0. The van der Waals surface area contributed by atoms with Crippen molar-refractivity contribution in [2.45, 2.75) is 10.8 Å². The fourth-order valence-electron chi connectivity index (χ4n) is 11.8. The minimum atomic E-state index is -0.540. The van der Waals surface area contributed by atoms with Crippen LogP contribution >= 0.6 is 0 Å². The zero-order valence-corrected chi connectivity index (χ0v) is 34.6. The molecule has 3 aliphatic rings. The lowest BCUT2D eigenvalue weighted by Crippen LogP contribution is -2.29. The quantitative estimate of drug-likeness (QED) is 0.162. The van der Waals surface area contributed by atoms with Crippen molar-refractivity contribution < 1.29 is 0 Å². The van der Waals surface area contributed by atoms with Gasteiger partial charge in [-0.05, 0) is 114 Å². The molecule has 0 fully saturated rings. The second-order valence-corrected chi connectivity index (χ2v) is 17.1. The van der Waals surface area contributed by atoms with E-state index in [1.165, 1.54) is 94.7 Å². The Kier molecular flexibility index (Phi) is 7.80. The Morgan fingerprint density at radius 1 is 0.254 bits per heavy atom. The minimum Gasteiger partial charge on any atom is -0.310 e. The third-order valence-corrected chi connectivity index (χ3v) is 14.1. The molecule has 3 aliphatic carbocycles. The SMILES string of the molecule is c1ccc(-c2cccc(N(c3ccc4c(c3)C(c3ccccc3)(c3ccccc3)c3ccccc3-4)c3cccc4c3C3(c5ccccc5-c5ccccc53)c3ccccc3-4)c2)cc1. The van der Waals surface area contributed by atoms with Crippen LogP contribution in [0.2, 0.25) is 0 Å². The smallest absolute Gasteiger partial charge is 0.0746 e. The van der Waals surface area contributed by atoms with E-state index in [2.05, 4.69) is 254 Å². The fourth-order valence-corrected chi connectivity index (χ4v) is 11.8. The van der Waals surface area contributed by atoms with Crippen LogP contribution in [0.5, 0.6) is 0 Å². The van der Waals surface area contributed by atoms with Crippen molar-refractivity contribution in [3.05, 3.63) is 293 Å². The number of rotatable bonds is 6. The third kappa shape index (κ3) is 4.88. The van der Waals surface area contributed by atoms with Crippen LogP contribution < -0.4 is 4.90 Å². The molecule has 0 heterocycles. The summed E-state index contributed by atoms with van der Waals surface area (Å²) < 4.78 is 0. The molecule has 0 radical (unpaired) electrons. The Labute approximate surface area is 368 Å². The van der Waals surface area contributed by atoms with Crippen LogP contribution in [0.3, 0.4) is 0 Å². The van der Waals surface area contributed by atoms with Gasteiger partial charge in [-0.2, -0.15) is 0 Å². The Morgan fingerprint density at radius 2 is 0.667 bits per heavy atom. The second-order valence-electron chi connectivity index (χ2n) is 17.1. The molecule has 10 aromatic carbocycles. The fraction of sp³-hybridized carbons (Fsp3) is 0.0323. The van der Waals surface area contributed by atoms with Gasteiger partial charge in [0.05, 0.1) is 16.5 Å². The summed E-state index contributed by atoms with van der Waals surface area (Å²) >= 11 is 0. The molecule has 0 aromatic heterocycles.